The zero-order valence-corrected chi connectivity index (χ0v) is 15.2. The van der Waals surface area contributed by atoms with Crippen LogP contribution in [0.5, 0.6) is 0 Å². The van der Waals surface area contributed by atoms with Gasteiger partial charge in [0, 0.05) is 26.1 Å². The molecule has 20 heavy (non-hydrogen) atoms. The minimum Gasteiger partial charge on any atom is -0.413 e. The normalized spacial score (nSPS) is 28.1. The minimum atomic E-state index is -1.74. The van der Waals surface area contributed by atoms with E-state index in [9.17, 15) is 0 Å². The molecule has 1 rings (SSSR count). The maximum absolute atomic E-state index is 6.59. The molecule has 0 radical (unpaired) electrons. The second-order valence-corrected chi connectivity index (χ2v) is 12.1. The van der Waals surface area contributed by atoms with Crippen molar-refractivity contribution >= 4 is 8.32 Å². The monoisotopic (exact) mass is 300 g/mol. The Labute approximate surface area is 125 Å². The highest BCUT2D eigenvalue weighted by Gasteiger charge is 2.45. The molecule has 1 aliphatic carbocycles. The quantitative estimate of drug-likeness (QED) is 0.418. The molecule has 0 aromatic heterocycles. The van der Waals surface area contributed by atoms with Crippen molar-refractivity contribution in [3.05, 3.63) is 12.7 Å². The SMILES string of the molecule is C=C[C@@H]1[C@H](O[Si](C)(C)C(C)(C)C)CC[C@H]1C(OC)OC. The standard InChI is InChI=1S/C16H32O3Si/c1-9-12-13(15(17-5)18-6)10-11-14(12)19-20(7,8)16(2,3)4/h9,12-15H,1,10-11H2,2-8H3/t12-,13+,14+/m0/s1. The predicted octanol–water partition coefficient (Wildman–Crippen LogP) is 4.21. The van der Waals surface area contributed by atoms with Gasteiger partial charge in [0.2, 0.25) is 0 Å². The van der Waals surface area contributed by atoms with E-state index in [2.05, 4.69) is 40.4 Å². The van der Waals surface area contributed by atoms with Gasteiger partial charge in [0.25, 0.3) is 0 Å². The summed E-state index contributed by atoms with van der Waals surface area (Å²) >= 11 is 0. The van der Waals surface area contributed by atoms with Crippen LogP contribution in [0.4, 0.5) is 0 Å². The van der Waals surface area contributed by atoms with E-state index in [0.717, 1.165) is 12.8 Å². The first-order valence-electron chi connectivity index (χ1n) is 7.54. The van der Waals surface area contributed by atoms with Gasteiger partial charge in [-0.15, -0.1) is 6.58 Å². The Morgan fingerprint density at radius 1 is 1.15 bits per heavy atom. The van der Waals surface area contributed by atoms with E-state index < -0.39 is 8.32 Å². The molecule has 0 unspecified atom stereocenters. The van der Waals surface area contributed by atoms with Crippen LogP contribution in [0.1, 0.15) is 33.6 Å². The molecule has 1 aliphatic rings. The van der Waals surface area contributed by atoms with E-state index in [1.54, 1.807) is 14.2 Å². The van der Waals surface area contributed by atoms with Gasteiger partial charge >= 0.3 is 0 Å². The number of hydrogen-bond acceptors (Lipinski definition) is 3. The van der Waals surface area contributed by atoms with Gasteiger partial charge in [-0.25, -0.2) is 0 Å². The second-order valence-electron chi connectivity index (χ2n) is 7.31. The van der Waals surface area contributed by atoms with E-state index in [-0.39, 0.29) is 17.4 Å². The Balaban J connectivity index is 2.81. The molecule has 4 heteroatoms. The summed E-state index contributed by atoms with van der Waals surface area (Å²) in [6, 6.07) is 0. The first-order valence-corrected chi connectivity index (χ1v) is 10.4. The zero-order chi connectivity index (χ0) is 15.6. The molecule has 0 spiro atoms. The lowest BCUT2D eigenvalue weighted by Gasteiger charge is -2.40. The lowest BCUT2D eigenvalue weighted by molar-refractivity contribution is -0.143. The third-order valence-corrected chi connectivity index (χ3v) is 9.55. The fraction of sp³-hybridized carbons (Fsp3) is 0.875. The van der Waals surface area contributed by atoms with Crippen molar-refractivity contribution in [3.63, 3.8) is 0 Å². The van der Waals surface area contributed by atoms with Gasteiger partial charge in [0.05, 0.1) is 6.10 Å². The topological polar surface area (TPSA) is 27.7 Å². The molecule has 1 saturated carbocycles. The summed E-state index contributed by atoms with van der Waals surface area (Å²) in [5.74, 6) is 0.659. The van der Waals surface area contributed by atoms with Gasteiger partial charge in [-0.2, -0.15) is 0 Å². The van der Waals surface area contributed by atoms with Crippen LogP contribution in [0.3, 0.4) is 0 Å². The fourth-order valence-electron chi connectivity index (χ4n) is 2.80. The van der Waals surface area contributed by atoms with Crippen molar-refractivity contribution in [1.29, 1.82) is 0 Å². The second kappa shape index (κ2) is 6.73. The van der Waals surface area contributed by atoms with Crippen LogP contribution in [0, 0.1) is 11.8 Å². The highest BCUT2D eigenvalue weighted by Crippen LogP contribution is 2.44. The van der Waals surface area contributed by atoms with E-state index >= 15 is 0 Å². The molecular weight excluding hydrogens is 268 g/mol. The molecule has 0 aromatic carbocycles. The molecule has 0 saturated heterocycles. The first-order chi connectivity index (χ1) is 9.17. The molecule has 0 aliphatic heterocycles. The summed E-state index contributed by atoms with van der Waals surface area (Å²) in [4.78, 5) is 0. The number of methoxy groups -OCH3 is 2. The van der Waals surface area contributed by atoms with E-state index in [1.165, 1.54) is 0 Å². The summed E-state index contributed by atoms with van der Waals surface area (Å²) in [5.41, 5.74) is 0. The van der Waals surface area contributed by atoms with Gasteiger partial charge in [-0.3, -0.25) is 0 Å². The Morgan fingerprint density at radius 3 is 2.10 bits per heavy atom. The van der Waals surface area contributed by atoms with Gasteiger partial charge in [0.1, 0.15) is 0 Å². The maximum Gasteiger partial charge on any atom is 0.192 e. The van der Waals surface area contributed by atoms with Gasteiger partial charge < -0.3 is 13.9 Å². The summed E-state index contributed by atoms with van der Waals surface area (Å²) in [7, 11) is 1.67. The van der Waals surface area contributed by atoms with Gasteiger partial charge in [0.15, 0.2) is 14.6 Å². The lowest BCUT2D eigenvalue weighted by atomic mass is 9.94. The smallest absolute Gasteiger partial charge is 0.192 e. The van der Waals surface area contributed by atoms with Crippen LogP contribution in [-0.2, 0) is 13.9 Å². The predicted molar refractivity (Wildman–Crippen MR) is 86.3 cm³/mol. The summed E-state index contributed by atoms with van der Waals surface area (Å²) in [5, 5.41) is 0.235. The molecule has 3 atom stereocenters. The highest BCUT2D eigenvalue weighted by molar-refractivity contribution is 6.74. The van der Waals surface area contributed by atoms with Crippen molar-refractivity contribution < 1.29 is 13.9 Å². The Bertz CT molecular complexity index is 318. The van der Waals surface area contributed by atoms with Crippen molar-refractivity contribution in [2.75, 3.05) is 14.2 Å². The lowest BCUT2D eigenvalue weighted by Crippen LogP contribution is -2.45. The van der Waals surface area contributed by atoms with Gasteiger partial charge in [-0.1, -0.05) is 26.8 Å². The van der Waals surface area contributed by atoms with Crippen LogP contribution < -0.4 is 0 Å². The number of ether oxygens (including phenoxy) is 2. The minimum absolute atomic E-state index is 0.161. The zero-order valence-electron chi connectivity index (χ0n) is 14.2. The van der Waals surface area contributed by atoms with Crippen molar-refractivity contribution in [3.8, 4) is 0 Å². The Kier molecular flexibility index (Phi) is 6.02. The van der Waals surface area contributed by atoms with Crippen LogP contribution in [0.25, 0.3) is 0 Å². The van der Waals surface area contributed by atoms with E-state index in [1.807, 2.05) is 6.08 Å². The van der Waals surface area contributed by atoms with E-state index in [0.29, 0.717) is 11.8 Å². The molecule has 0 bridgehead atoms. The van der Waals surface area contributed by atoms with Crippen molar-refractivity contribution in [1.82, 2.24) is 0 Å². The number of hydrogen-bond donors (Lipinski definition) is 0. The molecule has 0 N–H and O–H groups in total. The molecule has 0 heterocycles. The maximum atomic E-state index is 6.59. The molecule has 0 aromatic rings. The average Bonchev–Trinajstić information content (AvgIpc) is 2.71. The highest BCUT2D eigenvalue weighted by atomic mass is 28.4. The molecular formula is C16H32O3Si. The summed E-state index contributed by atoms with van der Waals surface area (Å²) < 4.78 is 17.5. The molecule has 118 valence electrons. The molecule has 1 fully saturated rings. The van der Waals surface area contributed by atoms with Gasteiger partial charge in [-0.05, 0) is 31.0 Å². The van der Waals surface area contributed by atoms with Crippen LogP contribution in [0.15, 0.2) is 12.7 Å². The third kappa shape index (κ3) is 3.73. The van der Waals surface area contributed by atoms with Crippen molar-refractivity contribution in [2.24, 2.45) is 11.8 Å². The largest absolute Gasteiger partial charge is 0.413 e. The summed E-state index contributed by atoms with van der Waals surface area (Å²) in [6.07, 6.45) is 4.26. The Hall–Kier alpha value is -0.163. The van der Waals surface area contributed by atoms with Crippen LogP contribution in [-0.4, -0.2) is 34.9 Å². The van der Waals surface area contributed by atoms with Crippen molar-refractivity contribution in [2.45, 2.75) is 64.1 Å². The number of rotatable bonds is 6. The fourth-order valence-corrected chi connectivity index (χ4v) is 4.19. The molecule has 3 nitrogen and oxygen atoms in total. The Morgan fingerprint density at radius 2 is 1.70 bits per heavy atom. The average molecular weight is 301 g/mol. The first kappa shape index (κ1) is 17.9. The third-order valence-electron chi connectivity index (χ3n) is 5.05. The van der Waals surface area contributed by atoms with Crippen LogP contribution >= 0.6 is 0 Å². The summed E-state index contributed by atoms with van der Waals surface area (Å²) in [6.45, 7) is 15.5. The van der Waals surface area contributed by atoms with Crippen LogP contribution in [0.2, 0.25) is 18.1 Å². The molecule has 0 amide bonds. The van der Waals surface area contributed by atoms with E-state index in [4.69, 9.17) is 13.9 Å².